The monoisotopic (exact) mass is 299 g/mol. The smallest absolute Gasteiger partial charge is 0.315 e. The van der Waals surface area contributed by atoms with Crippen LogP contribution < -0.4 is 10.6 Å². The molecule has 1 aliphatic carbocycles. The van der Waals surface area contributed by atoms with Crippen LogP contribution >= 0.6 is 9.24 Å². The Labute approximate surface area is 123 Å². The fourth-order valence-corrected chi connectivity index (χ4v) is 4.11. The second kappa shape index (κ2) is 5.43. The number of urea groups is 1. The van der Waals surface area contributed by atoms with E-state index in [1.807, 2.05) is 0 Å². The first-order valence-electron chi connectivity index (χ1n) is 7.65. The lowest BCUT2D eigenvalue weighted by Crippen LogP contribution is -2.54. The highest BCUT2D eigenvalue weighted by molar-refractivity contribution is 7.18. The Morgan fingerprint density at radius 3 is 2.70 bits per heavy atom. The van der Waals surface area contributed by atoms with Gasteiger partial charge in [-0.05, 0) is 45.1 Å². The van der Waals surface area contributed by atoms with Gasteiger partial charge in [-0.25, -0.2) is 4.79 Å². The summed E-state index contributed by atoms with van der Waals surface area (Å²) in [6.45, 7) is 3.73. The minimum atomic E-state index is -0.00212. The molecule has 2 amide bonds. The zero-order valence-corrected chi connectivity index (χ0v) is 13.4. The molecule has 1 saturated carbocycles. The number of rotatable bonds is 3. The van der Waals surface area contributed by atoms with Crippen LogP contribution in [0.25, 0.3) is 0 Å². The zero-order chi connectivity index (χ0) is 14.2. The Balaban J connectivity index is 1.56. The van der Waals surface area contributed by atoms with Crippen molar-refractivity contribution in [3.63, 3.8) is 0 Å². The lowest BCUT2D eigenvalue weighted by atomic mass is 9.79. The number of carbonyl (C=O) groups excluding carboxylic acids is 1. The molecule has 2 unspecified atom stereocenters. The van der Waals surface area contributed by atoms with Crippen molar-refractivity contribution in [3.05, 3.63) is 0 Å². The maximum atomic E-state index is 11.4. The van der Waals surface area contributed by atoms with Crippen molar-refractivity contribution in [2.24, 2.45) is 5.92 Å². The van der Waals surface area contributed by atoms with Gasteiger partial charge in [-0.3, -0.25) is 4.90 Å². The van der Waals surface area contributed by atoms with E-state index in [9.17, 15) is 4.79 Å². The van der Waals surface area contributed by atoms with Crippen molar-refractivity contribution < 1.29 is 9.53 Å². The van der Waals surface area contributed by atoms with Gasteiger partial charge in [0.05, 0.1) is 12.1 Å². The third-order valence-electron chi connectivity index (χ3n) is 5.36. The van der Waals surface area contributed by atoms with Crippen LogP contribution in [0.3, 0.4) is 0 Å². The van der Waals surface area contributed by atoms with E-state index in [1.165, 1.54) is 6.42 Å². The van der Waals surface area contributed by atoms with Gasteiger partial charge >= 0.3 is 6.03 Å². The van der Waals surface area contributed by atoms with Crippen LogP contribution in [0.5, 0.6) is 0 Å². The van der Waals surface area contributed by atoms with Gasteiger partial charge in [0.2, 0.25) is 0 Å². The van der Waals surface area contributed by atoms with Gasteiger partial charge in [0, 0.05) is 25.0 Å². The Bertz CT molecular complexity index is 377. The first-order chi connectivity index (χ1) is 9.51. The summed E-state index contributed by atoms with van der Waals surface area (Å²) in [5, 5.41) is 6.21. The van der Waals surface area contributed by atoms with Crippen LogP contribution in [-0.4, -0.2) is 55.1 Å². The molecule has 2 aliphatic heterocycles. The maximum absolute atomic E-state index is 11.4. The second-order valence-corrected chi connectivity index (χ2v) is 7.88. The molecule has 2 N–H and O–H groups in total. The second-order valence-electron chi connectivity index (χ2n) is 6.80. The molecule has 2 atom stereocenters. The molecule has 0 aromatic rings. The predicted molar refractivity (Wildman–Crippen MR) is 81.7 cm³/mol. The highest BCUT2D eigenvalue weighted by Crippen LogP contribution is 2.43. The minimum Gasteiger partial charge on any atom is -0.381 e. The Hall–Kier alpha value is -0.380. The molecule has 0 radical (unpaired) electrons. The van der Waals surface area contributed by atoms with Crippen molar-refractivity contribution >= 4 is 15.3 Å². The molecular weight excluding hydrogens is 273 g/mol. The van der Waals surface area contributed by atoms with E-state index in [0.29, 0.717) is 5.92 Å². The third kappa shape index (κ3) is 2.81. The van der Waals surface area contributed by atoms with Crippen LogP contribution in [-0.2, 0) is 4.74 Å². The fraction of sp³-hybridized carbons (Fsp3) is 0.929. The first kappa shape index (κ1) is 14.6. The van der Waals surface area contributed by atoms with E-state index in [0.717, 1.165) is 52.0 Å². The molecule has 0 aromatic heterocycles. The van der Waals surface area contributed by atoms with E-state index >= 15 is 0 Å². The topological polar surface area (TPSA) is 53.6 Å². The minimum absolute atomic E-state index is 0.00212. The number of nitrogens with zero attached hydrogens (tertiary/aromatic N) is 1. The molecule has 20 heavy (non-hydrogen) atoms. The van der Waals surface area contributed by atoms with Crippen LogP contribution in [0.1, 0.15) is 32.1 Å². The van der Waals surface area contributed by atoms with Gasteiger partial charge in [0.1, 0.15) is 0 Å². The van der Waals surface area contributed by atoms with Crippen LogP contribution in [0.2, 0.25) is 0 Å². The van der Waals surface area contributed by atoms with Crippen molar-refractivity contribution in [3.8, 4) is 0 Å². The third-order valence-corrected chi connectivity index (χ3v) is 6.37. The van der Waals surface area contributed by atoms with Crippen molar-refractivity contribution in [1.82, 2.24) is 15.5 Å². The summed E-state index contributed by atoms with van der Waals surface area (Å²) in [7, 11) is 5.31. The van der Waals surface area contributed by atoms with Gasteiger partial charge in [-0.15, -0.1) is 9.24 Å². The Kier molecular flexibility index (Phi) is 3.95. The molecule has 3 rings (SSSR count). The molecule has 2 heterocycles. The van der Waals surface area contributed by atoms with E-state index in [1.54, 1.807) is 0 Å². The van der Waals surface area contributed by atoms with Gasteiger partial charge < -0.3 is 15.4 Å². The number of nitrogens with one attached hydrogen (secondary N) is 2. The van der Waals surface area contributed by atoms with E-state index in [4.69, 9.17) is 4.74 Å². The number of hydrogen-bond acceptors (Lipinski definition) is 3. The lowest BCUT2D eigenvalue weighted by molar-refractivity contribution is 0.0992. The van der Waals surface area contributed by atoms with Gasteiger partial charge in [-0.2, -0.15) is 0 Å². The average Bonchev–Trinajstić information content (AvgIpc) is 3.04. The summed E-state index contributed by atoms with van der Waals surface area (Å²) in [4.78, 5) is 13.9. The molecule has 2 saturated heterocycles. The van der Waals surface area contributed by atoms with Crippen LogP contribution in [0, 0.1) is 5.92 Å². The van der Waals surface area contributed by atoms with E-state index in [2.05, 4.69) is 31.8 Å². The van der Waals surface area contributed by atoms with Crippen LogP contribution in [0.4, 0.5) is 4.79 Å². The number of carbonyl (C=O) groups is 1. The molecule has 0 aromatic carbocycles. The summed E-state index contributed by atoms with van der Waals surface area (Å²) in [5.74, 6) is 0.682. The molecule has 3 fully saturated rings. The summed E-state index contributed by atoms with van der Waals surface area (Å²) in [6, 6.07) is -0.00212. The van der Waals surface area contributed by atoms with Crippen molar-refractivity contribution in [1.29, 1.82) is 0 Å². The highest BCUT2D eigenvalue weighted by atomic mass is 31.0. The summed E-state index contributed by atoms with van der Waals surface area (Å²) >= 11 is 0. The summed E-state index contributed by atoms with van der Waals surface area (Å²) in [6.07, 6.45) is 5.53. The van der Waals surface area contributed by atoms with E-state index in [-0.39, 0.29) is 16.9 Å². The number of amides is 2. The lowest BCUT2D eigenvalue weighted by Gasteiger charge is -2.47. The molecule has 114 valence electrons. The highest BCUT2D eigenvalue weighted by Gasteiger charge is 2.46. The van der Waals surface area contributed by atoms with E-state index < -0.39 is 0 Å². The normalized spacial score (nSPS) is 41.1. The number of hydrogen-bond donors (Lipinski definition) is 2. The van der Waals surface area contributed by atoms with Crippen molar-refractivity contribution in [2.75, 3.05) is 33.4 Å². The average molecular weight is 299 g/mol. The molecular formula is C14H26N3O2P. The SMILES string of the molecule is CN(CC1CCOC1)[C@]1(P)CC[C@]2(CC1)CNC(=O)N2. The summed E-state index contributed by atoms with van der Waals surface area (Å²) in [5.41, 5.74) is 0.00840. The summed E-state index contributed by atoms with van der Waals surface area (Å²) < 4.78 is 5.48. The first-order valence-corrected chi connectivity index (χ1v) is 8.23. The quantitative estimate of drug-likeness (QED) is 0.769. The Morgan fingerprint density at radius 2 is 2.15 bits per heavy atom. The largest absolute Gasteiger partial charge is 0.381 e. The maximum Gasteiger partial charge on any atom is 0.315 e. The van der Waals surface area contributed by atoms with Crippen molar-refractivity contribution in [2.45, 2.75) is 42.9 Å². The zero-order valence-electron chi connectivity index (χ0n) is 12.3. The van der Waals surface area contributed by atoms with Gasteiger partial charge in [-0.1, -0.05) is 0 Å². The molecule has 0 bridgehead atoms. The molecule has 1 spiro atoms. The number of ether oxygens (including phenoxy) is 1. The standard InChI is InChI=1S/C14H26N3O2P/c1-17(8-11-2-7-19-9-11)14(20)5-3-13(4-6-14)10-15-12(18)16-13/h11H,2-10,20H2,1H3,(H2,15,16,18)/t11?,13-,14-. The predicted octanol–water partition coefficient (Wildman–Crippen LogP) is 1.15. The van der Waals surface area contributed by atoms with Gasteiger partial charge in [0.15, 0.2) is 0 Å². The fourth-order valence-electron chi connectivity index (χ4n) is 3.72. The Morgan fingerprint density at radius 1 is 1.40 bits per heavy atom. The molecule has 3 aliphatic rings. The van der Waals surface area contributed by atoms with Gasteiger partial charge in [0.25, 0.3) is 0 Å². The van der Waals surface area contributed by atoms with Crippen LogP contribution in [0.15, 0.2) is 0 Å². The molecule has 6 heteroatoms. The molecule has 5 nitrogen and oxygen atoms in total.